The molecule has 0 aliphatic heterocycles. The number of rotatable bonds is 8. The number of likely N-dealkylation sites (N-methyl/N-ethyl adjacent to an activating group) is 1. The minimum atomic E-state index is -0.452. The molecule has 0 bridgehead atoms. The fourth-order valence-corrected chi connectivity index (χ4v) is 3.29. The molecule has 8 nitrogen and oxygen atoms in total. The van der Waals surface area contributed by atoms with Crippen molar-refractivity contribution in [1.29, 1.82) is 5.26 Å². The highest BCUT2D eigenvalue weighted by Gasteiger charge is 2.20. The Morgan fingerprint density at radius 2 is 1.90 bits per heavy atom. The topological polar surface area (TPSA) is 105 Å². The van der Waals surface area contributed by atoms with Gasteiger partial charge in [0.05, 0.1) is 34.7 Å². The van der Waals surface area contributed by atoms with Crippen LogP contribution in [0.2, 0.25) is 0 Å². The zero-order valence-corrected chi connectivity index (χ0v) is 17.4. The molecule has 1 aromatic heterocycles. The highest BCUT2D eigenvalue weighted by Crippen LogP contribution is 2.26. The smallest absolute Gasteiger partial charge is 0.269 e. The number of carbonyl (C=O) groups excluding carboxylic acids is 1. The minimum absolute atomic E-state index is 0.00785. The number of nitrogens with zero attached hydrogens (tertiary/aromatic N) is 5. The monoisotopic (exact) mass is 417 g/mol. The van der Waals surface area contributed by atoms with Crippen molar-refractivity contribution >= 4 is 11.6 Å². The molecule has 0 radical (unpaired) electrons. The average molecular weight is 417 g/mol. The summed E-state index contributed by atoms with van der Waals surface area (Å²) in [4.78, 5) is 25.1. The third-order valence-corrected chi connectivity index (χ3v) is 4.95. The van der Waals surface area contributed by atoms with Gasteiger partial charge >= 0.3 is 0 Å². The molecular weight excluding hydrogens is 394 g/mol. The molecule has 0 saturated heterocycles. The lowest BCUT2D eigenvalue weighted by Crippen LogP contribution is -2.35. The van der Waals surface area contributed by atoms with Crippen molar-refractivity contribution in [3.05, 3.63) is 76.5 Å². The van der Waals surface area contributed by atoms with Crippen LogP contribution in [0, 0.1) is 27.4 Å². The molecule has 1 unspecified atom stereocenters. The maximum Gasteiger partial charge on any atom is 0.269 e. The van der Waals surface area contributed by atoms with Crippen LogP contribution in [0.25, 0.3) is 16.9 Å². The number of hydrogen-bond acceptors (Lipinski definition) is 5. The van der Waals surface area contributed by atoms with Crippen LogP contribution in [0.4, 0.5) is 5.69 Å². The molecule has 0 aliphatic rings. The summed E-state index contributed by atoms with van der Waals surface area (Å²) in [5.74, 6) is -0.356. The van der Waals surface area contributed by atoms with Gasteiger partial charge in [0.2, 0.25) is 5.91 Å². The molecule has 1 heterocycles. The number of benzene rings is 2. The van der Waals surface area contributed by atoms with Crippen LogP contribution in [0.15, 0.2) is 60.8 Å². The van der Waals surface area contributed by atoms with Gasteiger partial charge in [-0.1, -0.05) is 18.2 Å². The third-order valence-electron chi connectivity index (χ3n) is 4.95. The number of nitriles is 1. The van der Waals surface area contributed by atoms with Gasteiger partial charge < -0.3 is 4.90 Å². The molecule has 158 valence electrons. The molecular formula is C23H23N5O3. The molecule has 1 atom stereocenters. The fraction of sp³-hybridized carbons (Fsp3) is 0.261. The molecule has 0 aliphatic carbocycles. The first-order chi connectivity index (χ1) is 14.9. The maximum atomic E-state index is 13.0. The Morgan fingerprint density at radius 3 is 2.48 bits per heavy atom. The van der Waals surface area contributed by atoms with Crippen molar-refractivity contribution < 1.29 is 9.72 Å². The number of para-hydroxylation sites is 1. The SMILES string of the molecule is CCN(CC(C)C#N)C(=O)Cc1cn(-c2ccccc2)nc1-c1ccc([N+](=O)[O-])cc1. The molecule has 0 N–H and O–H groups in total. The van der Waals surface area contributed by atoms with Gasteiger partial charge in [-0.15, -0.1) is 0 Å². The zero-order valence-electron chi connectivity index (χ0n) is 17.4. The summed E-state index contributed by atoms with van der Waals surface area (Å²) in [5.41, 5.74) is 2.83. The second kappa shape index (κ2) is 9.67. The van der Waals surface area contributed by atoms with E-state index in [9.17, 15) is 14.9 Å². The zero-order chi connectivity index (χ0) is 22.4. The first-order valence-electron chi connectivity index (χ1n) is 9.99. The van der Waals surface area contributed by atoms with Crippen molar-refractivity contribution in [2.24, 2.45) is 5.92 Å². The van der Waals surface area contributed by atoms with Crippen LogP contribution in [0.1, 0.15) is 19.4 Å². The molecule has 3 rings (SSSR count). The summed E-state index contributed by atoms with van der Waals surface area (Å²) in [6, 6.07) is 17.8. The predicted molar refractivity (Wildman–Crippen MR) is 116 cm³/mol. The molecule has 8 heteroatoms. The normalized spacial score (nSPS) is 11.5. The average Bonchev–Trinajstić information content (AvgIpc) is 3.21. The van der Waals surface area contributed by atoms with Crippen molar-refractivity contribution in [3.8, 4) is 23.0 Å². The first kappa shape index (κ1) is 21.7. The lowest BCUT2D eigenvalue weighted by molar-refractivity contribution is -0.384. The first-order valence-corrected chi connectivity index (χ1v) is 9.99. The van der Waals surface area contributed by atoms with E-state index in [2.05, 4.69) is 11.2 Å². The summed E-state index contributed by atoms with van der Waals surface area (Å²) < 4.78 is 1.70. The second-order valence-electron chi connectivity index (χ2n) is 7.23. The molecule has 0 saturated carbocycles. The highest BCUT2D eigenvalue weighted by atomic mass is 16.6. The Bertz CT molecular complexity index is 1100. The molecule has 3 aromatic rings. The molecule has 0 fully saturated rings. The largest absolute Gasteiger partial charge is 0.341 e. The van der Waals surface area contributed by atoms with Crippen LogP contribution in [0.5, 0.6) is 0 Å². The number of aromatic nitrogens is 2. The maximum absolute atomic E-state index is 13.0. The van der Waals surface area contributed by atoms with Gasteiger partial charge in [-0.25, -0.2) is 4.68 Å². The van der Waals surface area contributed by atoms with E-state index in [1.807, 2.05) is 43.5 Å². The van der Waals surface area contributed by atoms with Gasteiger partial charge in [0.25, 0.3) is 5.69 Å². The van der Waals surface area contributed by atoms with Gasteiger partial charge in [0.15, 0.2) is 0 Å². The Kier molecular flexibility index (Phi) is 6.78. The van der Waals surface area contributed by atoms with Crippen molar-refractivity contribution in [2.45, 2.75) is 20.3 Å². The lowest BCUT2D eigenvalue weighted by atomic mass is 10.0. The lowest BCUT2D eigenvalue weighted by Gasteiger charge is -2.22. The summed E-state index contributed by atoms with van der Waals surface area (Å²) in [6.07, 6.45) is 1.93. The molecule has 2 aromatic carbocycles. The Labute approximate surface area is 180 Å². The third kappa shape index (κ3) is 5.14. The van der Waals surface area contributed by atoms with Crippen LogP contribution < -0.4 is 0 Å². The van der Waals surface area contributed by atoms with Gasteiger partial charge in [-0.3, -0.25) is 14.9 Å². The number of nitro benzene ring substituents is 1. The van der Waals surface area contributed by atoms with E-state index in [0.717, 1.165) is 5.69 Å². The number of amides is 1. The summed E-state index contributed by atoms with van der Waals surface area (Å²) in [7, 11) is 0. The quantitative estimate of drug-likeness (QED) is 0.407. The number of nitro groups is 1. The Morgan fingerprint density at radius 1 is 1.23 bits per heavy atom. The van der Waals surface area contributed by atoms with E-state index >= 15 is 0 Å². The molecule has 0 spiro atoms. The van der Waals surface area contributed by atoms with Gasteiger partial charge in [0.1, 0.15) is 0 Å². The minimum Gasteiger partial charge on any atom is -0.341 e. The van der Waals surface area contributed by atoms with E-state index < -0.39 is 4.92 Å². The Balaban J connectivity index is 1.97. The van der Waals surface area contributed by atoms with Crippen LogP contribution in [-0.2, 0) is 11.2 Å². The molecule has 1 amide bonds. The van der Waals surface area contributed by atoms with E-state index in [4.69, 9.17) is 5.26 Å². The summed E-state index contributed by atoms with van der Waals surface area (Å²) in [6.45, 7) is 4.54. The standard InChI is InChI=1S/C23H23N5O3/c1-3-26(15-17(2)14-24)22(29)13-19-16-27(20-7-5-4-6-8-20)25-23(19)18-9-11-21(12-10-18)28(30)31/h4-12,16-17H,3,13,15H2,1-2H3. The van der Waals surface area contributed by atoms with Gasteiger partial charge in [-0.2, -0.15) is 10.4 Å². The van der Waals surface area contributed by atoms with Crippen LogP contribution in [-0.4, -0.2) is 38.6 Å². The van der Waals surface area contributed by atoms with Crippen LogP contribution in [0.3, 0.4) is 0 Å². The van der Waals surface area contributed by atoms with Gasteiger partial charge in [0, 0.05) is 42.5 Å². The summed E-state index contributed by atoms with van der Waals surface area (Å²) in [5, 5.41) is 24.7. The fourth-order valence-electron chi connectivity index (χ4n) is 3.29. The predicted octanol–water partition coefficient (Wildman–Crippen LogP) is 4.00. The number of hydrogen-bond donors (Lipinski definition) is 0. The second-order valence-corrected chi connectivity index (χ2v) is 7.23. The van der Waals surface area contributed by atoms with E-state index in [-0.39, 0.29) is 23.9 Å². The Hall–Kier alpha value is -3.99. The summed E-state index contributed by atoms with van der Waals surface area (Å²) >= 11 is 0. The van der Waals surface area contributed by atoms with Crippen molar-refractivity contribution in [3.63, 3.8) is 0 Å². The van der Waals surface area contributed by atoms with Crippen molar-refractivity contribution in [1.82, 2.24) is 14.7 Å². The number of carbonyl (C=O) groups is 1. The van der Waals surface area contributed by atoms with E-state index in [1.54, 1.807) is 28.6 Å². The van der Waals surface area contributed by atoms with Gasteiger partial charge in [-0.05, 0) is 38.1 Å². The molecule has 31 heavy (non-hydrogen) atoms. The van der Waals surface area contributed by atoms with E-state index in [0.29, 0.717) is 29.9 Å². The van der Waals surface area contributed by atoms with E-state index in [1.165, 1.54) is 12.1 Å². The highest BCUT2D eigenvalue weighted by molar-refractivity contribution is 5.81. The number of non-ortho nitro benzene ring substituents is 1. The van der Waals surface area contributed by atoms with Crippen LogP contribution >= 0.6 is 0 Å². The van der Waals surface area contributed by atoms with Crippen molar-refractivity contribution in [2.75, 3.05) is 13.1 Å².